The van der Waals surface area contributed by atoms with Crippen LogP contribution in [-0.2, 0) is 4.79 Å². The van der Waals surface area contributed by atoms with Crippen molar-refractivity contribution in [2.75, 3.05) is 20.1 Å². The Hall–Kier alpha value is -0.610. The van der Waals surface area contributed by atoms with E-state index in [1.807, 2.05) is 0 Å². The summed E-state index contributed by atoms with van der Waals surface area (Å²) in [5.41, 5.74) is 0. The van der Waals surface area contributed by atoms with Gasteiger partial charge in [0.05, 0.1) is 6.04 Å². The van der Waals surface area contributed by atoms with Crippen molar-refractivity contribution in [2.45, 2.75) is 50.7 Å². The van der Waals surface area contributed by atoms with E-state index in [9.17, 15) is 4.79 Å². The molecule has 1 aliphatic carbocycles. The molecule has 2 fully saturated rings. The number of amides is 1. The van der Waals surface area contributed by atoms with Crippen LogP contribution in [0.25, 0.3) is 0 Å². The molecular weight excluding hydrogens is 202 g/mol. The maximum Gasteiger partial charge on any atom is 0.237 e. The Morgan fingerprint density at radius 1 is 1.50 bits per heavy atom. The molecule has 0 aromatic carbocycles. The third kappa shape index (κ3) is 2.95. The average Bonchev–Trinajstić information content (AvgIpc) is 2.99. The average molecular weight is 225 g/mol. The predicted octanol–water partition coefficient (Wildman–Crippen LogP) is 0.337. The number of rotatable bonds is 5. The Morgan fingerprint density at radius 2 is 2.25 bits per heavy atom. The van der Waals surface area contributed by atoms with Crippen molar-refractivity contribution >= 4 is 5.91 Å². The second-order valence-corrected chi connectivity index (χ2v) is 5.14. The lowest BCUT2D eigenvalue weighted by atomic mass is 10.2. The maximum absolute atomic E-state index is 11.8. The fourth-order valence-corrected chi connectivity index (χ4v) is 2.27. The van der Waals surface area contributed by atoms with Gasteiger partial charge in [-0.05, 0) is 46.2 Å². The van der Waals surface area contributed by atoms with Crippen LogP contribution in [0.3, 0.4) is 0 Å². The Bertz CT molecular complexity index is 247. The summed E-state index contributed by atoms with van der Waals surface area (Å²) in [5.74, 6) is 0.175. The first-order chi connectivity index (χ1) is 7.68. The third-order valence-corrected chi connectivity index (χ3v) is 3.77. The van der Waals surface area contributed by atoms with Crippen molar-refractivity contribution in [2.24, 2.45) is 0 Å². The summed E-state index contributed by atoms with van der Waals surface area (Å²) in [6.45, 7) is 3.93. The van der Waals surface area contributed by atoms with Crippen molar-refractivity contribution in [1.82, 2.24) is 15.5 Å². The van der Waals surface area contributed by atoms with Gasteiger partial charge in [0.25, 0.3) is 0 Å². The molecule has 2 unspecified atom stereocenters. The van der Waals surface area contributed by atoms with E-state index in [1.54, 1.807) is 0 Å². The second kappa shape index (κ2) is 5.15. The van der Waals surface area contributed by atoms with Crippen LogP contribution in [0.5, 0.6) is 0 Å². The van der Waals surface area contributed by atoms with Crippen LogP contribution in [0.2, 0.25) is 0 Å². The van der Waals surface area contributed by atoms with Crippen LogP contribution in [-0.4, -0.2) is 49.1 Å². The summed E-state index contributed by atoms with van der Waals surface area (Å²) in [6, 6.07) is 1.26. The molecule has 2 N–H and O–H groups in total. The fourth-order valence-electron chi connectivity index (χ4n) is 2.27. The summed E-state index contributed by atoms with van der Waals surface area (Å²) >= 11 is 0. The molecule has 2 aliphatic rings. The van der Waals surface area contributed by atoms with Crippen molar-refractivity contribution in [3.8, 4) is 0 Å². The Labute approximate surface area is 97.8 Å². The van der Waals surface area contributed by atoms with Gasteiger partial charge in [-0.3, -0.25) is 9.69 Å². The summed E-state index contributed by atoms with van der Waals surface area (Å²) in [7, 11) is 2.16. The number of hydrogen-bond donors (Lipinski definition) is 2. The molecule has 4 nitrogen and oxygen atoms in total. The number of carbonyl (C=O) groups is 1. The first kappa shape index (κ1) is 11.9. The van der Waals surface area contributed by atoms with Gasteiger partial charge in [-0.2, -0.15) is 0 Å². The molecular formula is C12H23N3O. The van der Waals surface area contributed by atoms with Crippen molar-refractivity contribution in [3.05, 3.63) is 0 Å². The Balaban J connectivity index is 1.67. The molecule has 0 radical (unpaired) electrons. The summed E-state index contributed by atoms with van der Waals surface area (Å²) in [5, 5.41) is 6.26. The van der Waals surface area contributed by atoms with Gasteiger partial charge in [0.15, 0.2) is 0 Å². The minimum absolute atomic E-state index is 0.0541. The first-order valence-corrected chi connectivity index (χ1v) is 6.41. The van der Waals surface area contributed by atoms with Crippen LogP contribution in [0.15, 0.2) is 0 Å². The molecule has 0 spiro atoms. The number of nitrogens with zero attached hydrogens (tertiary/aromatic N) is 1. The molecule has 0 bridgehead atoms. The van der Waals surface area contributed by atoms with Gasteiger partial charge in [0, 0.05) is 18.6 Å². The molecule has 1 saturated heterocycles. The van der Waals surface area contributed by atoms with Gasteiger partial charge < -0.3 is 10.6 Å². The first-order valence-electron chi connectivity index (χ1n) is 6.41. The molecule has 0 aromatic rings. The van der Waals surface area contributed by atoms with Crippen LogP contribution in [0, 0.1) is 0 Å². The molecule has 16 heavy (non-hydrogen) atoms. The van der Waals surface area contributed by atoms with E-state index in [0.29, 0.717) is 6.04 Å². The van der Waals surface area contributed by atoms with Crippen LogP contribution < -0.4 is 10.6 Å². The summed E-state index contributed by atoms with van der Waals surface area (Å²) in [4.78, 5) is 14.1. The molecule has 1 aliphatic heterocycles. The molecule has 4 heteroatoms. The zero-order valence-electron chi connectivity index (χ0n) is 10.3. The van der Waals surface area contributed by atoms with Crippen molar-refractivity contribution < 1.29 is 4.79 Å². The van der Waals surface area contributed by atoms with Crippen molar-refractivity contribution in [3.63, 3.8) is 0 Å². The SMILES string of the molecule is CC(CNC(=O)C1CCCN1)N(C)C1CC1. The number of likely N-dealkylation sites (N-methyl/N-ethyl adjacent to an activating group) is 1. The van der Waals surface area contributed by atoms with Gasteiger partial charge in [-0.15, -0.1) is 0 Å². The molecule has 92 valence electrons. The normalized spacial score (nSPS) is 27.1. The Morgan fingerprint density at radius 3 is 2.81 bits per heavy atom. The molecule has 1 heterocycles. The van der Waals surface area contributed by atoms with E-state index in [1.165, 1.54) is 12.8 Å². The van der Waals surface area contributed by atoms with Crippen LogP contribution in [0.1, 0.15) is 32.6 Å². The zero-order valence-corrected chi connectivity index (χ0v) is 10.3. The predicted molar refractivity (Wildman–Crippen MR) is 64.3 cm³/mol. The standard InChI is InChI=1S/C12H23N3O/c1-9(15(2)10-5-6-10)8-14-12(16)11-4-3-7-13-11/h9-11,13H,3-8H2,1-2H3,(H,14,16). The number of carbonyl (C=O) groups excluding carboxylic acids is 1. The topological polar surface area (TPSA) is 44.4 Å². The molecule has 1 saturated carbocycles. The monoisotopic (exact) mass is 225 g/mol. The zero-order chi connectivity index (χ0) is 11.5. The highest BCUT2D eigenvalue weighted by Gasteiger charge is 2.29. The maximum atomic E-state index is 11.8. The van der Waals surface area contributed by atoms with Gasteiger partial charge in [-0.25, -0.2) is 0 Å². The molecule has 2 rings (SSSR count). The lowest BCUT2D eigenvalue weighted by Crippen LogP contribution is -2.46. The van der Waals surface area contributed by atoms with Crippen molar-refractivity contribution in [1.29, 1.82) is 0 Å². The largest absolute Gasteiger partial charge is 0.353 e. The van der Waals surface area contributed by atoms with Gasteiger partial charge in [0.1, 0.15) is 0 Å². The quantitative estimate of drug-likeness (QED) is 0.709. The summed E-state index contributed by atoms with van der Waals surface area (Å²) < 4.78 is 0. The number of nitrogens with one attached hydrogen (secondary N) is 2. The summed E-state index contributed by atoms with van der Waals surface area (Å²) in [6.07, 6.45) is 4.74. The minimum atomic E-state index is 0.0541. The van der Waals surface area contributed by atoms with E-state index in [2.05, 4.69) is 29.5 Å². The lowest BCUT2D eigenvalue weighted by molar-refractivity contribution is -0.123. The van der Waals surface area contributed by atoms with Crippen LogP contribution >= 0.6 is 0 Å². The molecule has 0 aromatic heterocycles. The van der Waals surface area contributed by atoms with Gasteiger partial charge in [-0.1, -0.05) is 0 Å². The third-order valence-electron chi connectivity index (χ3n) is 3.77. The lowest BCUT2D eigenvalue weighted by Gasteiger charge is -2.25. The van der Waals surface area contributed by atoms with E-state index in [-0.39, 0.29) is 11.9 Å². The highest BCUT2D eigenvalue weighted by Crippen LogP contribution is 2.26. The van der Waals surface area contributed by atoms with E-state index >= 15 is 0 Å². The fraction of sp³-hybridized carbons (Fsp3) is 0.917. The van der Waals surface area contributed by atoms with Crippen LogP contribution in [0.4, 0.5) is 0 Å². The Kier molecular flexibility index (Phi) is 3.82. The van der Waals surface area contributed by atoms with Gasteiger partial charge >= 0.3 is 0 Å². The highest BCUT2D eigenvalue weighted by molar-refractivity contribution is 5.82. The number of hydrogen-bond acceptors (Lipinski definition) is 3. The second-order valence-electron chi connectivity index (χ2n) is 5.14. The smallest absolute Gasteiger partial charge is 0.237 e. The van der Waals surface area contributed by atoms with E-state index in [4.69, 9.17) is 0 Å². The van der Waals surface area contributed by atoms with E-state index < -0.39 is 0 Å². The van der Waals surface area contributed by atoms with Gasteiger partial charge in [0.2, 0.25) is 5.91 Å². The molecule has 1 amide bonds. The van der Waals surface area contributed by atoms with E-state index in [0.717, 1.165) is 32.0 Å². The highest BCUT2D eigenvalue weighted by atomic mass is 16.2. The molecule has 2 atom stereocenters. The minimum Gasteiger partial charge on any atom is -0.353 e.